The van der Waals surface area contributed by atoms with Crippen molar-refractivity contribution in [2.24, 2.45) is 4.99 Å². The van der Waals surface area contributed by atoms with Crippen molar-refractivity contribution < 1.29 is 4.79 Å². The number of nitrogens with zero attached hydrogens (tertiary/aromatic N) is 1. The van der Waals surface area contributed by atoms with Gasteiger partial charge in [0.15, 0.2) is 5.96 Å². The number of nitrogens with one attached hydrogen (secondary N) is 2. The van der Waals surface area contributed by atoms with Crippen LogP contribution in [0.5, 0.6) is 0 Å². The molecule has 1 saturated heterocycles. The highest BCUT2D eigenvalue weighted by molar-refractivity contribution is 6.09. The zero-order valence-corrected chi connectivity index (χ0v) is 11.4. The Kier molecular flexibility index (Phi) is 2.81. The van der Waals surface area contributed by atoms with E-state index in [2.05, 4.69) is 34.7 Å². The summed E-state index contributed by atoms with van der Waals surface area (Å²) in [6.07, 6.45) is 1.83. The molecule has 2 unspecified atom stereocenters. The molecule has 100 valence electrons. The van der Waals surface area contributed by atoms with Crippen LogP contribution in [0.25, 0.3) is 0 Å². The molecule has 2 aliphatic rings. The Balaban J connectivity index is 2.09. The Morgan fingerprint density at radius 2 is 2.21 bits per heavy atom. The smallest absolute Gasteiger partial charge is 0.257 e. The van der Waals surface area contributed by atoms with Crippen LogP contribution < -0.4 is 10.6 Å². The number of carbonyl (C=O) groups is 1. The molecule has 1 amide bonds. The van der Waals surface area contributed by atoms with E-state index in [0.29, 0.717) is 18.4 Å². The molecule has 1 aliphatic heterocycles. The second kappa shape index (κ2) is 4.37. The van der Waals surface area contributed by atoms with Crippen molar-refractivity contribution in [3.05, 3.63) is 35.4 Å². The van der Waals surface area contributed by atoms with Crippen LogP contribution >= 0.6 is 0 Å². The van der Waals surface area contributed by atoms with Crippen molar-refractivity contribution in [3.8, 4) is 0 Å². The fourth-order valence-electron chi connectivity index (χ4n) is 3.15. The third kappa shape index (κ3) is 1.74. The quantitative estimate of drug-likeness (QED) is 0.807. The average Bonchev–Trinajstić information content (AvgIpc) is 2.72. The van der Waals surface area contributed by atoms with E-state index in [1.807, 2.05) is 19.1 Å². The summed E-state index contributed by atoms with van der Waals surface area (Å²) in [7, 11) is 0. The molecule has 4 heteroatoms. The maximum atomic E-state index is 12.5. The summed E-state index contributed by atoms with van der Waals surface area (Å²) in [5, 5.41) is 6.19. The zero-order chi connectivity index (χ0) is 13.5. The molecule has 4 nitrogen and oxygen atoms in total. The number of guanidine groups is 1. The van der Waals surface area contributed by atoms with Gasteiger partial charge < -0.3 is 5.32 Å². The number of carbonyl (C=O) groups excluding carboxylic acids is 1. The standard InChI is InChI=1S/C15H19N3O/c1-3-16-14-17-13(19)15(18-14)9-8-10(2)11-6-4-5-7-12(11)15/h4-7,10H,3,8-9H2,1-2H3,(H2,16,17,18,19). The molecule has 0 radical (unpaired) electrons. The fourth-order valence-corrected chi connectivity index (χ4v) is 3.15. The van der Waals surface area contributed by atoms with E-state index in [4.69, 9.17) is 0 Å². The van der Waals surface area contributed by atoms with Gasteiger partial charge in [0.1, 0.15) is 5.54 Å². The average molecular weight is 257 g/mol. The van der Waals surface area contributed by atoms with Crippen LogP contribution in [0.4, 0.5) is 0 Å². The Labute approximate surface area is 113 Å². The van der Waals surface area contributed by atoms with E-state index in [1.54, 1.807) is 0 Å². The summed E-state index contributed by atoms with van der Waals surface area (Å²) in [5.41, 5.74) is 1.76. The fraction of sp³-hybridized carbons (Fsp3) is 0.467. The monoisotopic (exact) mass is 257 g/mol. The van der Waals surface area contributed by atoms with Gasteiger partial charge in [0.05, 0.1) is 0 Å². The van der Waals surface area contributed by atoms with E-state index < -0.39 is 5.54 Å². The summed E-state index contributed by atoms with van der Waals surface area (Å²) in [5.74, 6) is 1.14. The minimum Gasteiger partial charge on any atom is -0.338 e. The number of fused-ring (bicyclic) bond motifs is 2. The van der Waals surface area contributed by atoms with E-state index in [-0.39, 0.29) is 5.91 Å². The molecule has 1 aromatic carbocycles. The number of benzene rings is 1. The molecular formula is C15H19N3O. The lowest BCUT2D eigenvalue weighted by atomic mass is 9.72. The Morgan fingerprint density at radius 3 is 3.00 bits per heavy atom. The highest BCUT2D eigenvalue weighted by atomic mass is 16.2. The summed E-state index contributed by atoms with van der Waals surface area (Å²) >= 11 is 0. The van der Waals surface area contributed by atoms with Gasteiger partial charge in [-0.05, 0) is 36.8 Å². The Bertz CT molecular complexity index is 552. The highest BCUT2D eigenvalue weighted by Gasteiger charge is 2.49. The number of amides is 1. The molecule has 0 saturated carbocycles. The minimum absolute atomic E-state index is 0.0269. The van der Waals surface area contributed by atoms with Gasteiger partial charge in [0.2, 0.25) is 0 Å². The van der Waals surface area contributed by atoms with Crippen molar-refractivity contribution in [2.45, 2.75) is 38.1 Å². The van der Waals surface area contributed by atoms with Gasteiger partial charge in [-0.25, -0.2) is 0 Å². The molecule has 3 rings (SSSR count). The van der Waals surface area contributed by atoms with E-state index in [9.17, 15) is 4.79 Å². The van der Waals surface area contributed by atoms with Crippen LogP contribution in [0.2, 0.25) is 0 Å². The van der Waals surface area contributed by atoms with Crippen molar-refractivity contribution in [3.63, 3.8) is 0 Å². The lowest BCUT2D eigenvalue weighted by molar-refractivity contribution is -0.124. The van der Waals surface area contributed by atoms with Crippen molar-refractivity contribution in [1.29, 1.82) is 0 Å². The van der Waals surface area contributed by atoms with E-state index in [1.165, 1.54) is 5.56 Å². The summed E-state index contributed by atoms with van der Waals surface area (Å²) < 4.78 is 0. The number of hydrogen-bond donors (Lipinski definition) is 2. The third-order valence-electron chi connectivity index (χ3n) is 4.17. The van der Waals surface area contributed by atoms with Gasteiger partial charge in [-0.1, -0.05) is 31.2 Å². The predicted molar refractivity (Wildman–Crippen MR) is 75.0 cm³/mol. The summed E-state index contributed by atoms with van der Waals surface area (Å²) in [4.78, 5) is 16.7. The predicted octanol–water partition coefficient (Wildman–Crippen LogP) is 1.87. The Morgan fingerprint density at radius 1 is 1.42 bits per heavy atom. The van der Waals surface area contributed by atoms with Crippen molar-refractivity contribution >= 4 is 11.9 Å². The van der Waals surface area contributed by atoms with Gasteiger partial charge in [-0.3, -0.25) is 15.1 Å². The van der Waals surface area contributed by atoms with Crippen LogP contribution in [0, 0.1) is 0 Å². The summed E-state index contributed by atoms with van der Waals surface area (Å²) in [6, 6.07) is 8.24. The first-order valence-corrected chi connectivity index (χ1v) is 6.91. The van der Waals surface area contributed by atoms with Gasteiger partial charge in [-0.15, -0.1) is 0 Å². The van der Waals surface area contributed by atoms with Gasteiger partial charge in [-0.2, -0.15) is 0 Å². The van der Waals surface area contributed by atoms with Crippen molar-refractivity contribution in [2.75, 3.05) is 6.54 Å². The van der Waals surface area contributed by atoms with E-state index >= 15 is 0 Å². The lowest BCUT2D eigenvalue weighted by Crippen LogP contribution is -2.46. The van der Waals surface area contributed by atoms with Gasteiger partial charge in [0, 0.05) is 6.54 Å². The van der Waals surface area contributed by atoms with Gasteiger partial charge >= 0.3 is 0 Å². The van der Waals surface area contributed by atoms with Crippen LogP contribution in [0.3, 0.4) is 0 Å². The Hall–Kier alpha value is -1.84. The zero-order valence-electron chi connectivity index (χ0n) is 11.4. The first-order valence-electron chi connectivity index (χ1n) is 6.91. The summed E-state index contributed by atoms with van der Waals surface area (Å²) in [6.45, 7) is 4.85. The molecule has 1 spiro atoms. The van der Waals surface area contributed by atoms with Gasteiger partial charge in [0.25, 0.3) is 5.91 Å². The largest absolute Gasteiger partial charge is 0.338 e. The first-order chi connectivity index (χ1) is 9.17. The molecule has 2 N–H and O–H groups in total. The molecule has 2 atom stereocenters. The van der Waals surface area contributed by atoms with Crippen molar-refractivity contribution in [1.82, 2.24) is 10.6 Å². The highest BCUT2D eigenvalue weighted by Crippen LogP contribution is 2.42. The maximum Gasteiger partial charge on any atom is 0.257 e. The van der Waals surface area contributed by atoms with Crippen LogP contribution in [-0.4, -0.2) is 18.4 Å². The molecule has 1 aromatic rings. The molecule has 0 aromatic heterocycles. The first kappa shape index (κ1) is 12.2. The van der Waals surface area contributed by atoms with Crippen LogP contribution in [-0.2, 0) is 10.3 Å². The number of aliphatic imine (C=N–C) groups is 1. The number of hydrogen-bond acceptors (Lipinski definition) is 2. The molecule has 1 fully saturated rings. The lowest BCUT2D eigenvalue weighted by Gasteiger charge is -2.36. The molecule has 19 heavy (non-hydrogen) atoms. The second-order valence-electron chi connectivity index (χ2n) is 5.33. The normalized spacial score (nSPS) is 31.2. The van der Waals surface area contributed by atoms with Crippen LogP contribution in [0.15, 0.2) is 29.3 Å². The topological polar surface area (TPSA) is 53.5 Å². The SMILES string of the molecule is CCN=C1NC(=O)C2(CCC(C)c3ccccc32)N1. The van der Waals surface area contributed by atoms with Crippen LogP contribution in [0.1, 0.15) is 43.7 Å². The second-order valence-corrected chi connectivity index (χ2v) is 5.33. The molecular weight excluding hydrogens is 238 g/mol. The molecule has 0 bridgehead atoms. The third-order valence-corrected chi connectivity index (χ3v) is 4.17. The minimum atomic E-state index is -0.614. The number of rotatable bonds is 1. The van der Waals surface area contributed by atoms with E-state index in [0.717, 1.165) is 18.4 Å². The maximum absolute atomic E-state index is 12.5. The molecule has 1 heterocycles. The molecule has 1 aliphatic carbocycles.